The van der Waals surface area contributed by atoms with Gasteiger partial charge in [0.1, 0.15) is 12.2 Å². The van der Waals surface area contributed by atoms with Gasteiger partial charge in [-0.2, -0.15) is 0 Å². The summed E-state index contributed by atoms with van der Waals surface area (Å²) in [6, 6.07) is 16.0. The molecule has 1 aliphatic heterocycles. The van der Waals surface area contributed by atoms with Crippen molar-refractivity contribution in [2.45, 2.75) is 27.4 Å². The number of nitrogens with zero attached hydrogens (tertiary/aromatic N) is 1. The van der Waals surface area contributed by atoms with Crippen LogP contribution in [-0.2, 0) is 16.2 Å². The Kier molecular flexibility index (Phi) is 8.33. The van der Waals surface area contributed by atoms with E-state index >= 15 is 0 Å². The number of benzene rings is 3. The van der Waals surface area contributed by atoms with Gasteiger partial charge in [-0.05, 0) is 90.4 Å². The second-order valence-corrected chi connectivity index (χ2v) is 10.4. The van der Waals surface area contributed by atoms with E-state index in [1.807, 2.05) is 50.2 Å². The highest BCUT2D eigenvalue weighted by Gasteiger charge is 2.37. The maximum absolute atomic E-state index is 13.4. The molecule has 1 aliphatic rings. The highest BCUT2D eigenvalue weighted by molar-refractivity contribution is 14.1. The average Bonchev–Trinajstić information content (AvgIpc) is 2.84. The van der Waals surface area contributed by atoms with Crippen molar-refractivity contribution in [2.75, 3.05) is 11.5 Å². The number of rotatable bonds is 7. The van der Waals surface area contributed by atoms with Crippen molar-refractivity contribution in [2.24, 2.45) is 0 Å². The topological polar surface area (TPSA) is 84.9 Å². The van der Waals surface area contributed by atoms with Gasteiger partial charge in [-0.3, -0.25) is 14.9 Å². The van der Waals surface area contributed by atoms with Gasteiger partial charge in [0.05, 0.1) is 15.9 Å². The lowest BCUT2D eigenvalue weighted by Crippen LogP contribution is -2.54. The van der Waals surface area contributed by atoms with Crippen LogP contribution in [0, 0.1) is 17.4 Å². The molecule has 1 N–H and O–H groups in total. The van der Waals surface area contributed by atoms with Crippen LogP contribution in [0.1, 0.15) is 29.2 Å². The summed E-state index contributed by atoms with van der Waals surface area (Å²) in [4.78, 5) is 39.7. The van der Waals surface area contributed by atoms with Gasteiger partial charge in [0, 0.05) is 10.0 Å². The first kappa shape index (κ1) is 26.9. The molecule has 4 rings (SSSR count). The number of carbonyl (C=O) groups excluding carboxylic acids is 3. The largest absolute Gasteiger partial charge is 0.490 e. The van der Waals surface area contributed by atoms with Crippen LogP contribution < -0.4 is 19.7 Å². The Morgan fingerprint density at radius 1 is 1.03 bits per heavy atom. The summed E-state index contributed by atoms with van der Waals surface area (Å²) in [5, 5.41) is 2.28. The molecule has 0 aromatic heterocycles. The highest BCUT2D eigenvalue weighted by Crippen LogP contribution is 2.36. The second-order valence-electron chi connectivity index (χ2n) is 8.39. The Morgan fingerprint density at radius 2 is 1.78 bits per heavy atom. The number of carbonyl (C=O) groups is 3. The predicted octanol–water partition coefficient (Wildman–Crippen LogP) is 6.31. The summed E-state index contributed by atoms with van der Waals surface area (Å²) in [6.45, 7) is 6.26. The summed E-state index contributed by atoms with van der Waals surface area (Å²) in [5.41, 5.74) is 3.45. The van der Waals surface area contributed by atoms with Crippen LogP contribution in [0.4, 0.5) is 10.5 Å². The summed E-state index contributed by atoms with van der Waals surface area (Å²) in [7, 11) is 0. The molecule has 0 aliphatic carbocycles. The molecule has 3 aromatic carbocycles. The first-order valence-electron chi connectivity index (χ1n) is 11.5. The van der Waals surface area contributed by atoms with Gasteiger partial charge in [-0.1, -0.05) is 46.3 Å². The van der Waals surface area contributed by atoms with Crippen LogP contribution in [0.2, 0.25) is 0 Å². The maximum atomic E-state index is 13.4. The number of halogens is 2. The number of barbiturate groups is 1. The monoisotopic (exact) mass is 674 g/mol. The first-order valence-corrected chi connectivity index (χ1v) is 13.4. The fourth-order valence-corrected chi connectivity index (χ4v) is 5.02. The summed E-state index contributed by atoms with van der Waals surface area (Å²) in [6.07, 6.45) is 1.46. The number of imide groups is 2. The zero-order valence-electron chi connectivity index (χ0n) is 20.4. The van der Waals surface area contributed by atoms with E-state index in [9.17, 15) is 14.4 Å². The third-order valence-corrected chi connectivity index (χ3v) is 7.25. The fourth-order valence-electron chi connectivity index (χ4n) is 3.84. The van der Waals surface area contributed by atoms with Crippen LogP contribution in [0.15, 0.2) is 64.6 Å². The van der Waals surface area contributed by atoms with Gasteiger partial charge in [0.2, 0.25) is 0 Å². The van der Waals surface area contributed by atoms with E-state index in [2.05, 4.69) is 43.8 Å². The standard InChI is InChI=1S/C28H24BrIN2O5/c1-4-36-24-14-18(13-22(30)25(24)37-15-19-7-5-6-8-21(19)29)12-20-26(33)31-28(35)32(27(20)34)23-11-16(2)9-10-17(23)3/h5-14H,4,15H2,1-3H3,(H,31,33,35)/b20-12+. The van der Waals surface area contributed by atoms with E-state index in [1.54, 1.807) is 25.1 Å². The van der Waals surface area contributed by atoms with E-state index < -0.39 is 17.8 Å². The third-order valence-electron chi connectivity index (χ3n) is 5.68. The molecule has 4 amide bonds. The molecule has 0 bridgehead atoms. The number of nitrogens with one attached hydrogen (secondary N) is 1. The Bertz CT molecular complexity index is 1440. The van der Waals surface area contributed by atoms with E-state index in [0.29, 0.717) is 36.0 Å². The number of urea groups is 1. The number of aryl methyl sites for hydroxylation is 2. The lowest BCUT2D eigenvalue weighted by atomic mass is 10.0. The van der Waals surface area contributed by atoms with Crippen molar-refractivity contribution >= 4 is 68.1 Å². The molecule has 0 atom stereocenters. The van der Waals surface area contributed by atoms with Gasteiger partial charge >= 0.3 is 6.03 Å². The Balaban J connectivity index is 1.69. The van der Waals surface area contributed by atoms with Gasteiger partial charge in [0.15, 0.2) is 11.5 Å². The summed E-state index contributed by atoms with van der Waals surface area (Å²) < 4.78 is 13.6. The number of hydrogen-bond donors (Lipinski definition) is 1. The zero-order valence-corrected chi connectivity index (χ0v) is 24.2. The number of hydrogen-bond acceptors (Lipinski definition) is 5. The molecule has 9 heteroatoms. The Morgan fingerprint density at radius 3 is 2.51 bits per heavy atom. The quantitative estimate of drug-likeness (QED) is 0.180. The third kappa shape index (κ3) is 5.88. The summed E-state index contributed by atoms with van der Waals surface area (Å²) in [5.74, 6) is -0.394. The highest BCUT2D eigenvalue weighted by atomic mass is 127. The number of anilines is 1. The number of ether oxygens (including phenoxy) is 2. The van der Waals surface area contributed by atoms with Crippen molar-refractivity contribution in [1.82, 2.24) is 5.32 Å². The average molecular weight is 675 g/mol. The predicted molar refractivity (Wildman–Crippen MR) is 154 cm³/mol. The second kappa shape index (κ2) is 11.5. The minimum absolute atomic E-state index is 0.152. The zero-order chi connectivity index (χ0) is 26.7. The number of amides is 4. The van der Waals surface area contributed by atoms with Gasteiger partial charge in [-0.25, -0.2) is 9.69 Å². The fraction of sp³-hybridized carbons (Fsp3) is 0.179. The molecule has 0 spiro atoms. The van der Waals surface area contributed by atoms with Gasteiger partial charge in [0.25, 0.3) is 11.8 Å². The normalized spacial score (nSPS) is 14.7. The molecule has 3 aromatic rings. The molecule has 190 valence electrons. The molecule has 1 saturated heterocycles. The molecular weight excluding hydrogens is 651 g/mol. The molecule has 7 nitrogen and oxygen atoms in total. The lowest BCUT2D eigenvalue weighted by molar-refractivity contribution is -0.122. The van der Waals surface area contributed by atoms with Gasteiger partial charge in [-0.15, -0.1) is 0 Å². The van der Waals surface area contributed by atoms with E-state index in [1.165, 1.54) is 6.08 Å². The Hall–Kier alpha value is -3.18. The van der Waals surface area contributed by atoms with E-state index in [0.717, 1.165) is 29.6 Å². The SMILES string of the molecule is CCOc1cc(/C=C2\C(=O)NC(=O)N(c3cc(C)ccc3C)C2=O)cc(I)c1OCc1ccccc1Br. The lowest BCUT2D eigenvalue weighted by Gasteiger charge is -2.28. The van der Waals surface area contributed by atoms with Crippen LogP contribution in [0.3, 0.4) is 0 Å². The van der Waals surface area contributed by atoms with Crippen molar-refractivity contribution in [3.05, 3.63) is 90.5 Å². The maximum Gasteiger partial charge on any atom is 0.335 e. The molecule has 0 unspecified atom stereocenters. The van der Waals surface area contributed by atoms with Crippen molar-refractivity contribution in [1.29, 1.82) is 0 Å². The van der Waals surface area contributed by atoms with Crippen LogP contribution >= 0.6 is 38.5 Å². The molecule has 1 heterocycles. The van der Waals surface area contributed by atoms with Crippen molar-refractivity contribution in [3.63, 3.8) is 0 Å². The molecule has 1 fully saturated rings. The van der Waals surface area contributed by atoms with Crippen LogP contribution in [-0.4, -0.2) is 24.5 Å². The smallest absolute Gasteiger partial charge is 0.335 e. The van der Waals surface area contributed by atoms with Crippen molar-refractivity contribution < 1.29 is 23.9 Å². The Labute approximate surface area is 237 Å². The minimum atomic E-state index is -0.777. The molecular formula is C28H24BrIN2O5. The van der Waals surface area contributed by atoms with Crippen LogP contribution in [0.25, 0.3) is 6.08 Å². The van der Waals surface area contributed by atoms with Gasteiger partial charge < -0.3 is 9.47 Å². The van der Waals surface area contributed by atoms with E-state index in [4.69, 9.17) is 9.47 Å². The summed E-state index contributed by atoms with van der Waals surface area (Å²) >= 11 is 5.67. The molecule has 0 radical (unpaired) electrons. The van der Waals surface area contributed by atoms with Crippen molar-refractivity contribution in [3.8, 4) is 11.5 Å². The first-order chi connectivity index (χ1) is 17.7. The minimum Gasteiger partial charge on any atom is -0.490 e. The molecule has 0 saturated carbocycles. The van der Waals surface area contributed by atoms with Crippen LogP contribution in [0.5, 0.6) is 11.5 Å². The molecule has 37 heavy (non-hydrogen) atoms. The van der Waals surface area contributed by atoms with E-state index in [-0.39, 0.29) is 5.57 Å².